The van der Waals surface area contributed by atoms with Crippen molar-refractivity contribution in [3.8, 4) is 0 Å². The molecule has 0 atom stereocenters. The lowest BCUT2D eigenvalue weighted by Gasteiger charge is -2.06. The number of rotatable bonds is 6. The van der Waals surface area contributed by atoms with Crippen LogP contribution in [0.5, 0.6) is 0 Å². The van der Waals surface area contributed by atoms with E-state index in [1.54, 1.807) is 25.1 Å². The highest BCUT2D eigenvalue weighted by Gasteiger charge is 2.07. The van der Waals surface area contributed by atoms with E-state index >= 15 is 0 Å². The third-order valence-corrected chi connectivity index (χ3v) is 4.43. The van der Waals surface area contributed by atoms with Crippen molar-refractivity contribution >= 4 is 39.9 Å². The standard InChI is InChI=1S/C22H20ClN3O2/c1-15(12-21(27)24-14-16-6-10-20(23)11-7-16)25-26-22(28)19-9-8-17-4-2-3-5-18(17)13-19/h2-11,13H,12,14H2,1H3,(H,24,27)(H,26,28). The van der Waals surface area contributed by atoms with Gasteiger partial charge in [0.15, 0.2) is 0 Å². The molecule has 6 heteroatoms. The van der Waals surface area contributed by atoms with Crippen LogP contribution in [0, 0.1) is 0 Å². The highest BCUT2D eigenvalue weighted by Crippen LogP contribution is 2.15. The number of nitrogens with one attached hydrogen (secondary N) is 2. The van der Waals surface area contributed by atoms with Crippen molar-refractivity contribution < 1.29 is 9.59 Å². The van der Waals surface area contributed by atoms with Crippen LogP contribution in [0.3, 0.4) is 0 Å². The first kappa shape index (κ1) is 19.6. The van der Waals surface area contributed by atoms with E-state index in [9.17, 15) is 9.59 Å². The van der Waals surface area contributed by atoms with Gasteiger partial charge in [-0.1, -0.05) is 54.1 Å². The maximum absolute atomic E-state index is 12.3. The van der Waals surface area contributed by atoms with Crippen molar-refractivity contribution in [2.45, 2.75) is 19.9 Å². The Balaban J connectivity index is 1.51. The maximum Gasteiger partial charge on any atom is 0.271 e. The first-order chi connectivity index (χ1) is 13.5. The molecule has 2 N–H and O–H groups in total. The number of halogens is 1. The molecular formula is C22H20ClN3O2. The minimum atomic E-state index is -0.313. The molecule has 0 fully saturated rings. The SMILES string of the molecule is CC(CC(=O)NCc1ccc(Cl)cc1)=NNC(=O)c1ccc2ccccc2c1. The summed E-state index contributed by atoms with van der Waals surface area (Å²) in [5, 5.41) is 9.54. The minimum absolute atomic E-state index is 0.103. The Morgan fingerprint density at radius 3 is 2.43 bits per heavy atom. The monoisotopic (exact) mass is 393 g/mol. The van der Waals surface area contributed by atoms with Crippen LogP contribution in [-0.4, -0.2) is 17.5 Å². The highest BCUT2D eigenvalue weighted by molar-refractivity contribution is 6.30. The van der Waals surface area contributed by atoms with Crippen LogP contribution in [0.2, 0.25) is 5.02 Å². The Morgan fingerprint density at radius 2 is 1.68 bits per heavy atom. The number of hydrazone groups is 1. The van der Waals surface area contributed by atoms with Crippen molar-refractivity contribution in [3.05, 3.63) is 82.9 Å². The van der Waals surface area contributed by atoms with E-state index in [4.69, 9.17) is 11.6 Å². The van der Waals surface area contributed by atoms with E-state index in [1.807, 2.05) is 48.5 Å². The van der Waals surface area contributed by atoms with E-state index in [0.29, 0.717) is 22.8 Å². The van der Waals surface area contributed by atoms with Crippen LogP contribution in [0.1, 0.15) is 29.3 Å². The van der Waals surface area contributed by atoms with Gasteiger partial charge in [-0.05, 0) is 47.5 Å². The van der Waals surface area contributed by atoms with E-state index < -0.39 is 0 Å². The largest absolute Gasteiger partial charge is 0.352 e. The molecule has 28 heavy (non-hydrogen) atoms. The molecule has 0 radical (unpaired) electrons. The highest BCUT2D eigenvalue weighted by atomic mass is 35.5. The molecule has 0 saturated carbocycles. The second-order valence-electron chi connectivity index (χ2n) is 6.43. The summed E-state index contributed by atoms with van der Waals surface area (Å²) in [4.78, 5) is 24.3. The van der Waals surface area contributed by atoms with Gasteiger partial charge in [-0.2, -0.15) is 5.10 Å². The average Bonchev–Trinajstić information content (AvgIpc) is 2.71. The smallest absolute Gasteiger partial charge is 0.271 e. The Hall–Kier alpha value is -3.18. The first-order valence-corrected chi connectivity index (χ1v) is 9.22. The fourth-order valence-corrected chi connectivity index (χ4v) is 2.80. The minimum Gasteiger partial charge on any atom is -0.352 e. The van der Waals surface area contributed by atoms with Crippen molar-refractivity contribution in [1.82, 2.24) is 10.7 Å². The quantitative estimate of drug-likeness (QED) is 0.484. The molecule has 0 spiro atoms. The van der Waals surface area contributed by atoms with Crippen LogP contribution < -0.4 is 10.7 Å². The summed E-state index contributed by atoms with van der Waals surface area (Å²) in [6, 6.07) is 20.5. The zero-order valence-electron chi connectivity index (χ0n) is 15.4. The summed E-state index contributed by atoms with van der Waals surface area (Å²) in [5.74, 6) is -0.483. The number of fused-ring (bicyclic) bond motifs is 1. The van der Waals surface area contributed by atoms with Crippen molar-refractivity contribution in [1.29, 1.82) is 0 Å². The van der Waals surface area contributed by atoms with Crippen molar-refractivity contribution in [2.24, 2.45) is 5.10 Å². The summed E-state index contributed by atoms with van der Waals surface area (Å²) in [6.45, 7) is 2.11. The second kappa shape index (κ2) is 9.15. The molecule has 0 bridgehead atoms. The molecule has 0 aromatic heterocycles. The molecular weight excluding hydrogens is 374 g/mol. The predicted octanol–water partition coefficient (Wildman–Crippen LogP) is 4.31. The normalized spacial score (nSPS) is 11.3. The summed E-state index contributed by atoms with van der Waals surface area (Å²) >= 11 is 5.84. The molecule has 5 nitrogen and oxygen atoms in total. The number of amides is 2. The summed E-state index contributed by atoms with van der Waals surface area (Å²) < 4.78 is 0. The zero-order chi connectivity index (χ0) is 19.9. The van der Waals surface area contributed by atoms with Gasteiger partial charge in [-0.3, -0.25) is 9.59 Å². The van der Waals surface area contributed by atoms with Gasteiger partial charge >= 0.3 is 0 Å². The van der Waals surface area contributed by atoms with Gasteiger partial charge in [-0.25, -0.2) is 5.43 Å². The van der Waals surface area contributed by atoms with Crippen LogP contribution in [0.25, 0.3) is 10.8 Å². The third kappa shape index (κ3) is 5.41. The number of hydrogen-bond acceptors (Lipinski definition) is 3. The van der Waals surface area contributed by atoms with E-state index in [0.717, 1.165) is 16.3 Å². The van der Waals surface area contributed by atoms with Crippen molar-refractivity contribution in [3.63, 3.8) is 0 Å². The summed E-state index contributed by atoms with van der Waals surface area (Å²) in [6.07, 6.45) is 0.103. The van der Waals surface area contributed by atoms with Gasteiger partial charge in [0, 0.05) is 22.8 Å². The maximum atomic E-state index is 12.3. The molecule has 0 aliphatic rings. The van der Waals surface area contributed by atoms with Crippen LogP contribution in [-0.2, 0) is 11.3 Å². The molecule has 0 heterocycles. The van der Waals surface area contributed by atoms with Crippen LogP contribution in [0.4, 0.5) is 0 Å². The molecule has 2 amide bonds. The fraction of sp³-hybridized carbons (Fsp3) is 0.136. The van der Waals surface area contributed by atoms with Gasteiger partial charge < -0.3 is 5.32 Å². The molecule has 3 aromatic carbocycles. The van der Waals surface area contributed by atoms with Crippen LogP contribution in [0.15, 0.2) is 71.8 Å². The average molecular weight is 394 g/mol. The number of carbonyl (C=O) groups excluding carboxylic acids is 2. The predicted molar refractivity (Wildman–Crippen MR) is 112 cm³/mol. The van der Waals surface area contributed by atoms with Crippen LogP contribution >= 0.6 is 11.6 Å². The molecule has 0 unspecified atom stereocenters. The third-order valence-electron chi connectivity index (χ3n) is 4.18. The van der Waals surface area contributed by atoms with Gasteiger partial charge in [0.05, 0.1) is 6.42 Å². The molecule has 0 aliphatic heterocycles. The van der Waals surface area contributed by atoms with Gasteiger partial charge in [-0.15, -0.1) is 0 Å². The lowest BCUT2D eigenvalue weighted by atomic mass is 10.1. The molecule has 142 valence electrons. The van der Waals surface area contributed by atoms with Gasteiger partial charge in [0.1, 0.15) is 0 Å². The molecule has 3 rings (SSSR count). The number of hydrogen-bond donors (Lipinski definition) is 2. The Bertz CT molecular complexity index is 1030. The first-order valence-electron chi connectivity index (χ1n) is 8.85. The zero-order valence-corrected chi connectivity index (χ0v) is 16.2. The van der Waals surface area contributed by atoms with Gasteiger partial charge in [0.25, 0.3) is 5.91 Å². The van der Waals surface area contributed by atoms with E-state index in [-0.39, 0.29) is 18.2 Å². The molecule has 0 saturated heterocycles. The van der Waals surface area contributed by atoms with Crippen molar-refractivity contribution in [2.75, 3.05) is 0 Å². The molecule has 0 aliphatic carbocycles. The number of nitrogens with zero attached hydrogens (tertiary/aromatic N) is 1. The Morgan fingerprint density at radius 1 is 0.964 bits per heavy atom. The van der Waals surface area contributed by atoms with Gasteiger partial charge in [0.2, 0.25) is 5.91 Å². The molecule has 3 aromatic rings. The Labute approximate surface area is 168 Å². The summed E-state index contributed by atoms with van der Waals surface area (Å²) in [5.41, 5.74) is 4.49. The fourth-order valence-electron chi connectivity index (χ4n) is 2.68. The summed E-state index contributed by atoms with van der Waals surface area (Å²) in [7, 11) is 0. The number of carbonyl (C=O) groups is 2. The number of benzene rings is 3. The van der Waals surface area contributed by atoms with E-state index in [1.165, 1.54) is 0 Å². The topological polar surface area (TPSA) is 70.6 Å². The van der Waals surface area contributed by atoms with E-state index in [2.05, 4.69) is 15.8 Å². The lowest BCUT2D eigenvalue weighted by Crippen LogP contribution is -2.26. The second-order valence-corrected chi connectivity index (χ2v) is 6.87. The lowest BCUT2D eigenvalue weighted by molar-refractivity contribution is -0.120. The Kier molecular flexibility index (Phi) is 6.40.